The van der Waals surface area contributed by atoms with Crippen molar-refractivity contribution >= 4 is 17.6 Å². The van der Waals surface area contributed by atoms with Gasteiger partial charge >= 0.3 is 0 Å². The zero-order valence-corrected chi connectivity index (χ0v) is 15.7. The summed E-state index contributed by atoms with van der Waals surface area (Å²) >= 11 is 1.67. The van der Waals surface area contributed by atoms with Crippen LogP contribution in [-0.4, -0.2) is 18.3 Å². The highest BCUT2D eigenvalue weighted by Crippen LogP contribution is 2.42. The maximum Gasteiger partial charge on any atom is 0.142 e. The number of thioether (sulfide) groups is 1. The van der Waals surface area contributed by atoms with Crippen molar-refractivity contribution < 1.29 is 4.74 Å². The van der Waals surface area contributed by atoms with Gasteiger partial charge in [-0.1, -0.05) is 30.3 Å². The Hall–Kier alpha value is -2.97. The Morgan fingerprint density at radius 3 is 2.38 bits per heavy atom. The first-order valence-corrected chi connectivity index (χ1v) is 9.31. The summed E-state index contributed by atoms with van der Waals surface area (Å²) in [5.74, 6) is 0.973. The number of methoxy groups -OCH3 is 1. The topological polar surface area (TPSA) is 71.9 Å². The summed E-state index contributed by atoms with van der Waals surface area (Å²) in [6, 6.07) is 18.1. The number of para-hydroxylation sites is 1. The van der Waals surface area contributed by atoms with Crippen LogP contribution in [0, 0.1) is 18.3 Å². The molecule has 0 aliphatic heterocycles. The van der Waals surface area contributed by atoms with E-state index < -0.39 is 0 Å². The van der Waals surface area contributed by atoms with Gasteiger partial charge in [0, 0.05) is 27.3 Å². The average Bonchev–Trinajstić information content (AvgIpc) is 2.67. The molecule has 2 aromatic carbocycles. The van der Waals surface area contributed by atoms with Crippen LogP contribution < -0.4 is 10.5 Å². The van der Waals surface area contributed by atoms with Crippen LogP contribution in [0.2, 0.25) is 0 Å². The van der Waals surface area contributed by atoms with E-state index in [9.17, 15) is 5.26 Å². The predicted molar refractivity (Wildman–Crippen MR) is 107 cm³/mol. The van der Waals surface area contributed by atoms with Gasteiger partial charge in [0.1, 0.15) is 23.2 Å². The number of hydrogen-bond acceptors (Lipinski definition) is 5. The van der Waals surface area contributed by atoms with Gasteiger partial charge in [0.25, 0.3) is 0 Å². The van der Waals surface area contributed by atoms with E-state index in [-0.39, 0.29) is 5.82 Å². The zero-order valence-electron chi connectivity index (χ0n) is 14.9. The SMILES string of the molecule is COc1ccccc1-c1c(C)nc(N)c(C#N)c1-c1ccc(SC)cc1. The first-order chi connectivity index (χ1) is 12.6. The van der Waals surface area contributed by atoms with Crippen LogP contribution in [0.5, 0.6) is 5.75 Å². The maximum absolute atomic E-state index is 9.74. The Morgan fingerprint density at radius 1 is 1.08 bits per heavy atom. The van der Waals surface area contributed by atoms with E-state index in [0.29, 0.717) is 5.56 Å². The summed E-state index contributed by atoms with van der Waals surface area (Å²) in [5.41, 5.74) is 10.7. The molecular formula is C21H19N3OS. The lowest BCUT2D eigenvalue weighted by Gasteiger charge is -2.18. The van der Waals surface area contributed by atoms with Crippen molar-refractivity contribution in [3.05, 3.63) is 59.8 Å². The Labute approximate surface area is 157 Å². The lowest BCUT2D eigenvalue weighted by molar-refractivity contribution is 0.416. The second-order valence-corrected chi connectivity index (χ2v) is 6.63. The van der Waals surface area contributed by atoms with Crippen molar-refractivity contribution in [3.8, 4) is 34.1 Å². The number of pyridine rings is 1. The fourth-order valence-electron chi connectivity index (χ4n) is 3.07. The van der Waals surface area contributed by atoms with Crippen LogP contribution in [0.25, 0.3) is 22.3 Å². The molecule has 0 aliphatic rings. The molecule has 2 N–H and O–H groups in total. The number of rotatable bonds is 4. The molecule has 130 valence electrons. The quantitative estimate of drug-likeness (QED) is 0.669. The van der Waals surface area contributed by atoms with Gasteiger partial charge in [-0.15, -0.1) is 11.8 Å². The Bertz CT molecular complexity index is 991. The third-order valence-electron chi connectivity index (χ3n) is 4.27. The van der Waals surface area contributed by atoms with Gasteiger partial charge in [0.05, 0.1) is 7.11 Å². The summed E-state index contributed by atoms with van der Waals surface area (Å²) in [7, 11) is 1.64. The van der Waals surface area contributed by atoms with Crippen LogP contribution in [-0.2, 0) is 0 Å². The fraction of sp³-hybridized carbons (Fsp3) is 0.143. The van der Waals surface area contributed by atoms with E-state index in [2.05, 4.69) is 11.1 Å². The Balaban J connectivity index is 2.39. The van der Waals surface area contributed by atoms with Crippen molar-refractivity contribution in [2.45, 2.75) is 11.8 Å². The number of ether oxygens (including phenoxy) is 1. The van der Waals surface area contributed by atoms with Crippen LogP contribution in [0.3, 0.4) is 0 Å². The molecule has 0 radical (unpaired) electrons. The van der Waals surface area contributed by atoms with Crippen molar-refractivity contribution in [1.82, 2.24) is 4.98 Å². The van der Waals surface area contributed by atoms with Gasteiger partial charge in [0.15, 0.2) is 0 Å². The van der Waals surface area contributed by atoms with E-state index in [1.54, 1.807) is 18.9 Å². The average molecular weight is 361 g/mol. The van der Waals surface area contributed by atoms with Crippen molar-refractivity contribution in [1.29, 1.82) is 5.26 Å². The first-order valence-electron chi connectivity index (χ1n) is 8.08. The highest BCUT2D eigenvalue weighted by atomic mass is 32.2. The van der Waals surface area contributed by atoms with Crippen LogP contribution in [0.1, 0.15) is 11.3 Å². The number of nitrogens with zero attached hydrogens (tertiary/aromatic N) is 2. The highest BCUT2D eigenvalue weighted by Gasteiger charge is 2.21. The normalized spacial score (nSPS) is 10.4. The molecular weight excluding hydrogens is 342 g/mol. The molecule has 4 nitrogen and oxygen atoms in total. The minimum atomic E-state index is 0.243. The van der Waals surface area contributed by atoms with E-state index in [0.717, 1.165) is 38.6 Å². The van der Waals surface area contributed by atoms with E-state index in [1.807, 2.05) is 61.7 Å². The Kier molecular flexibility index (Phi) is 5.15. The number of anilines is 1. The van der Waals surface area contributed by atoms with Crippen molar-refractivity contribution in [2.24, 2.45) is 0 Å². The summed E-state index contributed by atoms with van der Waals surface area (Å²) in [6.45, 7) is 1.90. The lowest BCUT2D eigenvalue weighted by Crippen LogP contribution is -2.04. The van der Waals surface area contributed by atoms with Crippen LogP contribution in [0.15, 0.2) is 53.4 Å². The fourth-order valence-corrected chi connectivity index (χ4v) is 3.47. The van der Waals surface area contributed by atoms with Gasteiger partial charge in [-0.2, -0.15) is 5.26 Å². The third-order valence-corrected chi connectivity index (χ3v) is 5.02. The predicted octanol–water partition coefficient (Wildman–Crippen LogP) is 4.91. The Morgan fingerprint density at radius 2 is 1.77 bits per heavy atom. The van der Waals surface area contributed by atoms with E-state index in [4.69, 9.17) is 10.5 Å². The van der Waals surface area contributed by atoms with E-state index >= 15 is 0 Å². The lowest BCUT2D eigenvalue weighted by atomic mass is 9.90. The van der Waals surface area contributed by atoms with Gasteiger partial charge in [-0.05, 0) is 36.9 Å². The summed E-state index contributed by atoms with van der Waals surface area (Å²) < 4.78 is 5.54. The van der Waals surface area contributed by atoms with Crippen LogP contribution in [0.4, 0.5) is 5.82 Å². The molecule has 0 saturated carbocycles. The van der Waals surface area contributed by atoms with Crippen LogP contribution >= 0.6 is 11.8 Å². The third kappa shape index (κ3) is 3.12. The second-order valence-electron chi connectivity index (χ2n) is 5.75. The second kappa shape index (κ2) is 7.51. The largest absolute Gasteiger partial charge is 0.496 e. The molecule has 0 spiro atoms. The van der Waals surface area contributed by atoms with Crippen molar-refractivity contribution in [3.63, 3.8) is 0 Å². The molecule has 0 atom stereocenters. The first kappa shape index (κ1) is 17.8. The molecule has 3 aromatic rings. The number of aromatic nitrogens is 1. The number of nitrogens with two attached hydrogens (primary N) is 1. The number of benzene rings is 2. The molecule has 5 heteroatoms. The van der Waals surface area contributed by atoms with Crippen molar-refractivity contribution in [2.75, 3.05) is 19.1 Å². The van der Waals surface area contributed by atoms with E-state index in [1.165, 1.54) is 0 Å². The van der Waals surface area contributed by atoms with Gasteiger partial charge in [0.2, 0.25) is 0 Å². The van der Waals surface area contributed by atoms with Gasteiger partial charge < -0.3 is 10.5 Å². The smallest absolute Gasteiger partial charge is 0.142 e. The standard InChI is InChI=1S/C21H19N3OS/c1-13-19(16-6-4-5-7-18(16)25-2)20(17(12-22)21(23)24-13)14-8-10-15(26-3)11-9-14/h4-11H,1-3H3,(H2,23,24). The number of hydrogen-bond donors (Lipinski definition) is 1. The summed E-state index contributed by atoms with van der Waals surface area (Å²) in [6.07, 6.45) is 2.03. The molecule has 0 unspecified atom stereocenters. The molecule has 0 fully saturated rings. The number of aryl methyl sites for hydroxylation is 1. The molecule has 1 heterocycles. The molecule has 0 saturated heterocycles. The molecule has 0 bridgehead atoms. The molecule has 3 rings (SSSR count). The minimum absolute atomic E-state index is 0.243. The molecule has 0 aliphatic carbocycles. The summed E-state index contributed by atoms with van der Waals surface area (Å²) in [5, 5.41) is 9.74. The van der Waals surface area contributed by atoms with Gasteiger partial charge in [-0.25, -0.2) is 4.98 Å². The molecule has 26 heavy (non-hydrogen) atoms. The molecule has 1 aromatic heterocycles. The summed E-state index contributed by atoms with van der Waals surface area (Å²) in [4.78, 5) is 5.57. The minimum Gasteiger partial charge on any atom is -0.496 e. The monoisotopic (exact) mass is 361 g/mol. The highest BCUT2D eigenvalue weighted by molar-refractivity contribution is 7.98. The number of nitrogen functional groups attached to an aromatic ring is 1. The zero-order chi connectivity index (χ0) is 18.7. The maximum atomic E-state index is 9.74. The molecule has 0 amide bonds. The van der Waals surface area contributed by atoms with Gasteiger partial charge in [-0.3, -0.25) is 0 Å². The number of nitriles is 1.